The summed E-state index contributed by atoms with van der Waals surface area (Å²) in [6, 6.07) is 3.47. The fourth-order valence-electron chi connectivity index (χ4n) is 0.992. The Kier molecular flexibility index (Phi) is 3.90. The van der Waals surface area contributed by atoms with Gasteiger partial charge >= 0.3 is 0 Å². The molecule has 1 atom stereocenters. The molecule has 1 unspecified atom stereocenters. The molecule has 0 aliphatic rings. The normalized spacial score (nSPS) is 14.1. The molecule has 0 spiro atoms. The fourth-order valence-corrected chi connectivity index (χ4v) is 1.82. The Morgan fingerprint density at radius 2 is 2.20 bits per heavy atom. The van der Waals surface area contributed by atoms with E-state index in [1.807, 2.05) is 0 Å². The molecule has 5 nitrogen and oxygen atoms in total. The smallest absolute Gasteiger partial charge is 0.216 e. The van der Waals surface area contributed by atoms with Crippen molar-refractivity contribution in [3.63, 3.8) is 0 Å². The summed E-state index contributed by atoms with van der Waals surface area (Å²) in [6.45, 7) is 2.94. The van der Waals surface area contributed by atoms with Gasteiger partial charge in [-0.1, -0.05) is 0 Å². The molecule has 0 radical (unpaired) electrons. The van der Waals surface area contributed by atoms with Crippen molar-refractivity contribution in [2.75, 3.05) is 6.61 Å². The first-order valence-electron chi connectivity index (χ1n) is 4.60. The lowest BCUT2D eigenvalue weighted by Crippen LogP contribution is -2.34. The van der Waals surface area contributed by atoms with Crippen LogP contribution in [0.25, 0.3) is 0 Å². The van der Waals surface area contributed by atoms with Gasteiger partial charge in [0.2, 0.25) is 10.0 Å². The predicted molar refractivity (Wildman–Crippen MR) is 55.8 cm³/mol. The summed E-state index contributed by atoms with van der Waals surface area (Å²) in [5.41, 5.74) is 0. The summed E-state index contributed by atoms with van der Waals surface area (Å²) < 4.78 is 30.4. The molecule has 1 aromatic heterocycles. The molecule has 1 rings (SSSR count). The topological polar surface area (TPSA) is 79.5 Å². The lowest BCUT2D eigenvalue weighted by molar-refractivity contribution is 0.294. The van der Waals surface area contributed by atoms with Crippen molar-refractivity contribution in [2.24, 2.45) is 0 Å². The Morgan fingerprint density at radius 1 is 1.53 bits per heavy atom. The minimum absolute atomic E-state index is 0.112. The minimum atomic E-state index is -3.46. The third kappa shape index (κ3) is 3.33. The highest BCUT2D eigenvalue weighted by Crippen LogP contribution is 2.07. The van der Waals surface area contributed by atoms with Gasteiger partial charge in [-0.25, -0.2) is 13.1 Å². The third-order valence-electron chi connectivity index (χ3n) is 2.03. The summed E-state index contributed by atoms with van der Waals surface area (Å²) in [5, 5.41) is 7.92. The lowest BCUT2D eigenvalue weighted by Gasteiger charge is -2.09. The van der Waals surface area contributed by atoms with E-state index < -0.39 is 21.9 Å². The molecule has 0 aromatic carbocycles. The molecule has 15 heavy (non-hydrogen) atoms. The second-order valence-corrected chi connectivity index (χ2v) is 5.56. The maximum absolute atomic E-state index is 11.4. The van der Waals surface area contributed by atoms with Gasteiger partial charge < -0.3 is 9.52 Å². The van der Waals surface area contributed by atoms with Crippen molar-refractivity contribution in [3.05, 3.63) is 23.7 Å². The number of nitrogens with one attached hydrogen (secondary N) is 1. The lowest BCUT2D eigenvalue weighted by atomic mass is 10.4. The van der Waals surface area contributed by atoms with Crippen LogP contribution in [0.5, 0.6) is 0 Å². The van der Waals surface area contributed by atoms with E-state index in [1.54, 1.807) is 19.1 Å². The molecule has 0 saturated heterocycles. The van der Waals surface area contributed by atoms with Gasteiger partial charge in [-0.2, -0.15) is 0 Å². The number of hydrogen-bond acceptors (Lipinski definition) is 4. The van der Waals surface area contributed by atoms with Crippen molar-refractivity contribution in [3.8, 4) is 0 Å². The van der Waals surface area contributed by atoms with Crippen LogP contribution in [0.4, 0.5) is 0 Å². The predicted octanol–water partition coefficient (Wildman–Crippen LogP) is 0.388. The van der Waals surface area contributed by atoms with Crippen LogP contribution in [0.2, 0.25) is 0 Å². The molecule has 1 heterocycles. The van der Waals surface area contributed by atoms with Gasteiger partial charge in [0.1, 0.15) is 11.5 Å². The first-order valence-corrected chi connectivity index (χ1v) is 6.15. The quantitative estimate of drug-likeness (QED) is 0.771. The molecular weight excluding hydrogens is 218 g/mol. The first-order chi connectivity index (χ1) is 6.95. The van der Waals surface area contributed by atoms with Gasteiger partial charge in [0.05, 0.1) is 18.4 Å². The zero-order valence-corrected chi connectivity index (χ0v) is 9.54. The maximum Gasteiger partial charge on any atom is 0.216 e. The first kappa shape index (κ1) is 12.2. The average molecular weight is 233 g/mol. The summed E-state index contributed by atoms with van der Waals surface area (Å²) in [4.78, 5) is 0. The average Bonchev–Trinajstić information content (AvgIpc) is 2.60. The van der Waals surface area contributed by atoms with E-state index in [2.05, 4.69) is 4.72 Å². The van der Waals surface area contributed by atoms with Gasteiger partial charge in [0.25, 0.3) is 0 Å². The molecule has 6 heteroatoms. The molecule has 0 aliphatic carbocycles. The highest BCUT2D eigenvalue weighted by atomic mass is 32.2. The molecule has 2 N–H and O–H groups in total. The van der Waals surface area contributed by atoms with Crippen molar-refractivity contribution in [1.82, 2.24) is 4.72 Å². The SMILES string of the molecule is Cc1ccc(CNS(=O)(=O)C(C)CO)o1. The van der Waals surface area contributed by atoms with Crippen molar-refractivity contribution < 1.29 is 17.9 Å². The summed E-state index contributed by atoms with van der Waals surface area (Å²) >= 11 is 0. The van der Waals surface area contributed by atoms with Gasteiger partial charge in [-0.05, 0) is 26.0 Å². The largest absolute Gasteiger partial charge is 0.465 e. The number of furan rings is 1. The Hall–Kier alpha value is -0.850. The Morgan fingerprint density at radius 3 is 2.67 bits per heavy atom. The second kappa shape index (κ2) is 4.78. The number of sulfonamides is 1. The molecule has 0 aliphatic heterocycles. The van der Waals surface area contributed by atoms with Crippen LogP contribution in [0, 0.1) is 6.92 Å². The van der Waals surface area contributed by atoms with Crippen molar-refractivity contribution >= 4 is 10.0 Å². The second-order valence-electron chi connectivity index (χ2n) is 3.37. The Balaban J connectivity index is 2.57. The van der Waals surface area contributed by atoms with Gasteiger partial charge in [0, 0.05) is 0 Å². The van der Waals surface area contributed by atoms with Crippen LogP contribution in [0.15, 0.2) is 16.5 Å². The van der Waals surface area contributed by atoms with Gasteiger partial charge in [0.15, 0.2) is 0 Å². The molecule has 0 amide bonds. The van der Waals surface area contributed by atoms with Crippen LogP contribution in [0.1, 0.15) is 18.4 Å². The fraction of sp³-hybridized carbons (Fsp3) is 0.556. The van der Waals surface area contributed by atoms with Gasteiger partial charge in [-0.3, -0.25) is 0 Å². The molecule has 1 aromatic rings. The van der Waals surface area contributed by atoms with E-state index in [9.17, 15) is 8.42 Å². The summed E-state index contributed by atoms with van der Waals surface area (Å²) in [5.74, 6) is 1.29. The maximum atomic E-state index is 11.4. The zero-order valence-electron chi connectivity index (χ0n) is 8.73. The standard InChI is InChI=1S/C9H15NO4S/c1-7-3-4-9(14-7)5-10-15(12,13)8(2)6-11/h3-4,8,10-11H,5-6H2,1-2H3. The summed E-state index contributed by atoms with van der Waals surface area (Å²) in [6.07, 6.45) is 0. The Labute approximate surface area is 89.2 Å². The number of rotatable bonds is 5. The van der Waals surface area contributed by atoms with Crippen LogP contribution >= 0.6 is 0 Å². The van der Waals surface area contributed by atoms with Crippen molar-refractivity contribution in [2.45, 2.75) is 25.6 Å². The van der Waals surface area contributed by atoms with Crippen LogP contribution in [-0.4, -0.2) is 25.4 Å². The van der Waals surface area contributed by atoms with Gasteiger partial charge in [-0.15, -0.1) is 0 Å². The molecular formula is C9H15NO4S. The highest BCUT2D eigenvalue weighted by molar-refractivity contribution is 7.90. The number of aryl methyl sites for hydroxylation is 1. The molecule has 0 saturated carbocycles. The molecule has 0 bridgehead atoms. The van der Waals surface area contributed by atoms with Crippen LogP contribution in [0.3, 0.4) is 0 Å². The minimum Gasteiger partial charge on any atom is -0.465 e. The van der Waals surface area contributed by atoms with Crippen molar-refractivity contribution in [1.29, 1.82) is 0 Å². The number of hydrogen-bond donors (Lipinski definition) is 2. The van der Waals surface area contributed by atoms with E-state index in [0.29, 0.717) is 5.76 Å². The zero-order chi connectivity index (χ0) is 11.5. The number of aliphatic hydroxyl groups excluding tert-OH is 1. The van der Waals surface area contributed by atoms with E-state index >= 15 is 0 Å². The third-order valence-corrected chi connectivity index (χ3v) is 3.79. The van der Waals surface area contributed by atoms with E-state index in [4.69, 9.17) is 9.52 Å². The summed E-state index contributed by atoms with van der Waals surface area (Å²) in [7, 11) is -3.46. The molecule has 86 valence electrons. The van der Waals surface area contributed by atoms with Crippen LogP contribution < -0.4 is 4.72 Å². The monoisotopic (exact) mass is 233 g/mol. The van der Waals surface area contributed by atoms with E-state index in [0.717, 1.165) is 5.76 Å². The van der Waals surface area contributed by atoms with Crippen LogP contribution in [-0.2, 0) is 16.6 Å². The molecule has 0 fully saturated rings. The highest BCUT2D eigenvalue weighted by Gasteiger charge is 2.19. The Bertz CT molecular complexity index is 410. The van der Waals surface area contributed by atoms with E-state index in [-0.39, 0.29) is 6.54 Å². The van der Waals surface area contributed by atoms with E-state index in [1.165, 1.54) is 6.92 Å². The number of aliphatic hydroxyl groups is 1.